The Labute approximate surface area is 150 Å². The fraction of sp³-hybridized carbons (Fsp3) is 0.0556. The molecule has 0 saturated carbocycles. The Balaban J connectivity index is 1.77. The van der Waals surface area contributed by atoms with Crippen LogP contribution in [0.4, 0.5) is 23.1 Å². The molecular weight excluding hydrogens is 338 g/mol. The molecule has 25 heavy (non-hydrogen) atoms. The molecule has 0 fully saturated rings. The molecule has 2 aromatic carbocycles. The molecule has 3 aromatic rings. The Morgan fingerprint density at radius 1 is 1.08 bits per heavy atom. The maximum Gasteiger partial charge on any atom is 0.229 e. The van der Waals surface area contributed by atoms with E-state index in [1.165, 1.54) is 0 Å². The molecule has 0 atom stereocenters. The predicted octanol–water partition coefficient (Wildman–Crippen LogP) is 4.50. The van der Waals surface area contributed by atoms with E-state index in [4.69, 9.17) is 21.6 Å². The first-order valence-corrected chi connectivity index (χ1v) is 7.76. The van der Waals surface area contributed by atoms with E-state index in [0.29, 0.717) is 28.1 Å². The number of anilines is 4. The summed E-state index contributed by atoms with van der Waals surface area (Å²) in [5, 5.41) is 15.7. The van der Waals surface area contributed by atoms with Crippen molar-refractivity contribution >= 4 is 34.7 Å². The van der Waals surface area contributed by atoms with Gasteiger partial charge in [-0.3, -0.25) is 0 Å². The Hall–Kier alpha value is -3.30. The summed E-state index contributed by atoms with van der Waals surface area (Å²) in [6.07, 6.45) is 1.64. The number of nitriles is 1. The molecule has 1 aromatic heterocycles. The summed E-state index contributed by atoms with van der Waals surface area (Å²) in [5.41, 5.74) is 2.09. The van der Waals surface area contributed by atoms with E-state index < -0.39 is 0 Å². The molecule has 6 nitrogen and oxygen atoms in total. The third-order valence-electron chi connectivity index (χ3n) is 3.33. The van der Waals surface area contributed by atoms with Crippen molar-refractivity contribution in [2.75, 3.05) is 17.7 Å². The van der Waals surface area contributed by atoms with Crippen LogP contribution < -0.4 is 15.4 Å². The van der Waals surface area contributed by atoms with Crippen molar-refractivity contribution < 1.29 is 4.74 Å². The Morgan fingerprint density at radius 3 is 2.68 bits per heavy atom. The number of rotatable bonds is 5. The topological polar surface area (TPSA) is 82.9 Å². The van der Waals surface area contributed by atoms with Gasteiger partial charge < -0.3 is 15.4 Å². The van der Waals surface area contributed by atoms with E-state index in [1.807, 2.05) is 12.1 Å². The first kappa shape index (κ1) is 16.6. The van der Waals surface area contributed by atoms with Gasteiger partial charge in [0.05, 0.1) is 23.8 Å². The number of methoxy groups -OCH3 is 1. The SMILES string of the molecule is COc1ccc(Nc2nccc(Nc3cccc(C#N)c3)n2)cc1Cl. The average Bonchev–Trinajstić information content (AvgIpc) is 2.62. The van der Waals surface area contributed by atoms with Gasteiger partial charge in [-0.2, -0.15) is 10.2 Å². The normalized spacial score (nSPS) is 9.96. The largest absolute Gasteiger partial charge is 0.495 e. The van der Waals surface area contributed by atoms with E-state index in [1.54, 1.807) is 49.7 Å². The second-order valence-corrected chi connectivity index (χ2v) is 5.46. The van der Waals surface area contributed by atoms with E-state index >= 15 is 0 Å². The van der Waals surface area contributed by atoms with Gasteiger partial charge in [0, 0.05) is 17.6 Å². The molecule has 0 saturated heterocycles. The molecule has 3 rings (SSSR count). The van der Waals surface area contributed by atoms with Crippen molar-refractivity contribution in [2.45, 2.75) is 0 Å². The van der Waals surface area contributed by atoms with Crippen molar-refractivity contribution in [1.29, 1.82) is 5.26 Å². The van der Waals surface area contributed by atoms with Crippen LogP contribution in [0.1, 0.15) is 5.56 Å². The maximum atomic E-state index is 8.96. The standard InChI is InChI=1S/C18H14ClN5O/c1-25-16-6-5-14(10-15(16)19)23-18-21-8-7-17(24-18)22-13-4-2-3-12(9-13)11-20/h2-10H,1H3,(H2,21,22,23,24). The van der Waals surface area contributed by atoms with Crippen LogP contribution in [0.3, 0.4) is 0 Å². The highest BCUT2D eigenvalue weighted by atomic mass is 35.5. The zero-order valence-electron chi connectivity index (χ0n) is 13.3. The third kappa shape index (κ3) is 4.16. The monoisotopic (exact) mass is 351 g/mol. The van der Waals surface area contributed by atoms with Gasteiger partial charge in [-0.25, -0.2) is 4.98 Å². The highest BCUT2D eigenvalue weighted by Gasteiger charge is 2.05. The molecule has 0 radical (unpaired) electrons. The average molecular weight is 352 g/mol. The number of nitrogens with one attached hydrogen (secondary N) is 2. The van der Waals surface area contributed by atoms with Gasteiger partial charge in [0.1, 0.15) is 11.6 Å². The quantitative estimate of drug-likeness (QED) is 0.704. The predicted molar refractivity (Wildman–Crippen MR) is 97.8 cm³/mol. The molecule has 0 amide bonds. The maximum absolute atomic E-state index is 8.96. The molecule has 0 aliphatic rings. The van der Waals surface area contributed by atoms with Gasteiger partial charge in [-0.1, -0.05) is 17.7 Å². The van der Waals surface area contributed by atoms with Crippen LogP contribution in [0, 0.1) is 11.3 Å². The lowest BCUT2D eigenvalue weighted by Crippen LogP contribution is -2.00. The lowest BCUT2D eigenvalue weighted by molar-refractivity contribution is 0.415. The van der Waals surface area contributed by atoms with Crippen LogP contribution in [0.25, 0.3) is 0 Å². The number of ether oxygens (including phenoxy) is 1. The lowest BCUT2D eigenvalue weighted by Gasteiger charge is -2.10. The summed E-state index contributed by atoms with van der Waals surface area (Å²) in [6, 6.07) is 16.3. The van der Waals surface area contributed by atoms with Gasteiger partial charge in [-0.15, -0.1) is 0 Å². The lowest BCUT2D eigenvalue weighted by atomic mass is 10.2. The van der Waals surface area contributed by atoms with Crippen molar-refractivity contribution in [1.82, 2.24) is 9.97 Å². The second kappa shape index (κ2) is 7.51. The molecule has 1 heterocycles. The molecule has 0 unspecified atom stereocenters. The molecule has 0 aliphatic heterocycles. The Kier molecular flexibility index (Phi) is 4.97. The molecular formula is C18H14ClN5O. The zero-order valence-corrected chi connectivity index (χ0v) is 14.1. The fourth-order valence-corrected chi connectivity index (χ4v) is 2.43. The summed E-state index contributed by atoms with van der Waals surface area (Å²) >= 11 is 6.12. The van der Waals surface area contributed by atoms with Crippen LogP contribution in [0.2, 0.25) is 5.02 Å². The molecule has 0 bridgehead atoms. The highest BCUT2D eigenvalue weighted by Crippen LogP contribution is 2.28. The molecule has 7 heteroatoms. The number of hydrogen-bond acceptors (Lipinski definition) is 6. The number of halogens is 1. The van der Waals surface area contributed by atoms with E-state index in [2.05, 4.69) is 26.7 Å². The van der Waals surface area contributed by atoms with Gasteiger partial charge in [0.2, 0.25) is 5.95 Å². The number of aromatic nitrogens is 2. The summed E-state index contributed by atoms with van der Waals surface area (Å²) in [7, 11) is 1.56. The van der Waals surface area contributed by atoms with Gasteiger partial charge in [0.25, 0.3) is 0 Å². The minimum Gasteiger partial charge on any atom is -0.495 e. The molecule has 0 spiro atoms. The minimum atomic E-state index is 0.419. The van der Waals surface area contributed by atoms with Crippen molar-refractivity contribution in [3.8, 4) is 11.8 Å². The van der Waals surface area contributed by atoms with E-state index in [0.717, 1.165) is 11.4 Å². The number of nitrogens with zero attached hydrogens (tertiary/aromatic N) is 3. The van der Waals surface area contributed by atoms with E-state index in [-0.39, 0.29) is 0 Å². The second-order valence-electron chi connectivity index (χ2n) is 5.06. The molecule has 2 N–H and O–H groups in total. The third-order valence-corrected chi connectivity index (χ3v) is 3.62. The van der Waals surface area contributed by atoms with Gasteiger partial charge >= 0.3 is 0 Å². The van der Waals surface area contributed by atoms with Crippen LogP contribution in [0.5, 0.6) is 5.75 Å². The summed E-state index contributed by atoms with van der Waals surface area (Å²) in [5.74, 6) is 1.62. The van der Waals surface area contributed by atoms with Crippen LogP contribution in [-0.2, 0) is 0 Å². The smallest absolute Gasteiger partial charge is 0.229 e. The minimum absolute atomic E-state index is 0.419. The van der Waals surface area contributed by atoms with Crippen LogP contribution in [0.15, 0.2) is 54.7 Å². The highest BCUT2D eigenvalue weighted by molar-refractivity contribution is 6.32. The van der Waals surface area contributed by atoms with E-state index in [9.17, 15) is 0 Å². The van der Waals surface area contributed by atoms with Gasteiger partial charge in [-0.05, 0) is 42.5 Å². The van der Waals surface area contributed by atoms with Crippen LogP contribution in [-0.4, -0.2) is 17.1 Å². The Bertz CT molecular complexity index is 939. The summed E-state index contributed by atoms with van der Waals surface area (Å²) < 4.78 is 5.13. The summed E-state index contributed by atoms with van der Waals surface area (Å²) in [4.78, 5) is 8.59. The van der Waals surface area contributed by atoms with Crippen LogP contribution >= 0.6 is 11.6 Å². The number of hydrogen-bond donors (Lipinski definition) is 2. The number of benzene rings is 2. The summed E-state index contributed by atoms with van der Waals surface area (Å²) in [6.45, 7) is 0. The fourth-order valence-electron chi connectivity index (χ4n) is 2.18. The Morgan fingerprint density at radius 2 is 1.92 bits per heavy atom. The first-order chi connectivity index (χ1) is 12.2. The molecule has 0 aliphatic carbocycles. The van der Waals surface area contributed by atoms with Crippen molar-refractivity contribution in [2.24, 2.45) is 0 Å². The van der Waals surface area contributed by atoms with Gasteiger partial charge in [0.15, 0.2) is 0 Å². The molecule has 124 valence electrons. The van der Waals surface area contributed by atoms with Crippen molar-refractivity contribution in [3.63, 3.8) is 0 Å². The van der Waals surface area contributed by atoms with Crippen molar-refractivity contribution in [3.05, 3.63) is 65.3 Å². The first-order valence-electron chi connectivity index (χ1n) is 7.39. The zero-order chi connectivity index (χ0) is 17.6.